The molecule has 0 amide bonds. The van der Waals surface area contributed by atoms with E-state index >= 15 is 0 Å². The van der Waals surface area contributed by atoms with E-state index in [0.717, 1.165) is 36.4 Å². The van der Waals surface area contributed by atoms with Gasteiger partial charge in [0.05, 0.1) is 21.7 Å². The second-order valence-corrected chi connectivity index (χ2v) is 7.80. The van der Waals surface area contributed by atoms with Gasteiger partial charge in [0.2, 0.25) is 0 Å². The average molecular weight is 274 g/mol. The summed E-state index contributed by atoms with van der Waals surface area (Å²) in [6.45, 7) is 0.671. The van der Waals surface area contributed by atoms with Crippen LogP contribution in [0.3, 0.4) is 0 Å². The fourth-order valence-corrected chi connectivity index (χ4v) is 4.98. The molecule has 2 N–H and O–H groups in total. The summed E-state index contributed by atoms with van der Waals surface area (Å²) in [5.41, 5.74) is 6.49. The Hall–Kier alpha value is -0.460. The highest BCUT2D eigenvalue weighted by atomic mass is 32.2. The molecule has 1 aromatic rings. The summed E-state index contributed by atoms with van der Waals surface area (Å²) in [6.07, 6.45) is 4.02. The van der Waals surface area contributed by atoms with E-state index in [9.17, 15) is 8.42 Å². The van der Waals surface area contributed by atoms with Gasteiger partial charge in [-0.2, -0.15) is 0 Å². The van der Waals surface area contributed by atoms with Crippen LogP contribution in [0.4, 0.5) is 0 Å². The smallest absolute Gasteiger partial charge is 0.153 e. The lowest BCUT2D eigenvalue weighted by Gasteiger charge is -2.05. The molecule has 1 saturated heterocycles. The highest BCUT2D eigenvalue weighted by Crippen LogP contribution is 2.25. The minimum absolute atomic E-state index is 0.198. The number of hydrogen-bond acceptors (Lipinski definition) is 5. The molecule has 6 heteroatoms. The van der Waals surface area contributed by atoms with Crippen LogP contribution in [0.2, 0.25) is 0 Å². The van der Waals surface area contributed by atoms with Crippen molar-refractivity contribution in [2.45, 2.75) is 37.4 Å². The fourth-order valence-electron chi connectivity index (χ4n) is 2.12. The van der Waals surface area contributed by atoms with Crippen LogP contribution in [0.1, 0.15) is 30.0 Å². The standard InChI is InChI=1S/C11H18N2O2S2/c12-5-1-3-9-8-16-11(13-9)7-10-4-2-6-17(10,14)15/h8,10H,1-7,12H2. The maximum atomic E-state index is 11.7. The second kappa shape index (κ2) is 5.46. The molecule has 17 heavy (non-hydrogen) atoms. The number of nitrogens with zero attached hydrogens (tertiary/aromatic N) is 1. The Kier molecular flexibility index (Phi) is 4.17. The van der Waals surface area contributed by atoms with Crippen LogP contribution in [0.15, 0.2) is 5.38 Å². The zero-order chi connectivity index (χ0) is 12.3. The number of aryl methyl sites for hydroxylation is 1. The van der Waals surface area contributed by atoms with E-state index < -0.39 is 9.84 Å². The van der Waals surface area contributed by atoms with Gasteiger partial charge >= 0.3 is 0 Å². The van der Waals surface area contributed by atoms with Crippen LogP contribution >= 0.6 is 11.3 Å². The minimum atomic E-state index is -2.85. The highest BCUT2D eigenvalue weighted by molar-refractivity contribution is 7.92. The molecule has 2 rings (SSSR count). The molecular weight excluding hydrogens is 256 g/mol. The third-order valence-electron chi connectivity index (χ3n) is 3.10. The van der Waals surface area contributed by atoms with Crippen molar-refractivity contribution >= 4 is 21.2 Å². The molecule has 0 bridgehead atoms. The van der Waals surface area contributed by atoms with Crippen molar-refractivity contribution in [3.05, 3.63) is 16.1 Å². The van der Waals surface area contributed by atoms with Crippen LogP contribution < -0.4 is 5.73 Å². The second-order valence-electron chi connectivity index (χ2n) is 4.46. The minimum Gasteiger partial charge on any atom is -0.330 e. The Morgan fingerprint density at radius 1 is 1.53 bits per heavy atom. The quantitative estimate of drug-likeness (QED) is 0.874. The average Bonchev–Trinajstić information content (AvgIpc) is 2.84. The summed E-state index contributed by atoms with van der Waals surface area (Å²) in [4.78, 5) is 4.48. The van der Waals surface area contributed by atoms with Crippen LogP contribution in [0.5, 0.6) is 0 Å². The Balaban J connectivity index is 1.97. The summed E-state index contributed by atoms with van der Waals surface area (Å²) in [5, 5.41) is 2.77. The normalized spacial score (nSPS) is 23.0. The zero-order valence-corrected chi connectivity index (χ0v) is 11.4. The number of sulfone groups is 1. The van der Waals surface area contributed by atoms with E-state index in [-0.39, 0.29) is 5.25 Å². The van der Waals surface area contributed by atoms with Gasteiger partial charge in [-0.15, -0.1) is 11.3 Å². The van der Waals surface area contributed by atoms with Crippen molar-refractivity contribution in [2.75, 3.05) is 12.3 Å². The first-order valence-electron chi connectivity index (χ1n) is 5.97. The molecule has 0 radical (unpaired) electrons. The summed E-state index contributed by atoms with van der Waals surface area (Å²) < 4.78 is 23.4. The molecule has 0 spiro atoms. The van der Waals surface area contributed by atoms with Crippen molar-refractivity contribution in [1.82, 2.24) is 4.98 Å². The lowest BCUT2D eigenvalue weighted by Crippen LogP contribution is -2.18. The predicted molar refractivity (Wildman–Crippen MR) is 70.0 cm³/mol. The largest absolute Gasteiger partial charge is 0.330 e. The summed E-state index contributed by atoms with van der Waals surface area (Å²) in [7, 11) is -2.85. The van der Waals surface area contributed by atoms with Crippen LogP contribution in [0.25, 0.3) is 0 Å². The monoisotopic (exact) mass is 274 g/mol. The first kappa shape index (κ1) is 13.0. The predicted octanol–water partition coefficient (Wildman–Crippen LogP) is 1.15. The SMILES string of the molecule is NCCCc1csc(CC2CCCS2(=O)=O)n1. The molecule has 1 unspecified atom stereocenters. The highest BCUT2D eigenvalue weighted by Gasteiger charge is 2.31. The lowest BCUT2D eigenvalue weighted by atomic mass is 10.2. The zero-order valence-electron chi connectivity index (χ0n) is 9.76. The molecule has 0 aliphatic carbocycles. The van der Waals surface area contributed by atoms with Gasteiger partial charge in [0.15, 0.2) is 9.84 Å². The summed E-state index contributed by atoms with van der Waals surface area (Å²) >= 11 is 1.57. The molecule has 2 heterocycles. The molecule has 4 nitrogen and oxygen atoms in total. The van der Waals surface area contributed by atoms with Gasteiger partial charge in [0.1, 0.15) is 0 Å². The Labute approximate surface area is 106 Å². The number of aromatic nitrogens is 1. The van der Waals surface area contributed by atoms with Crippen LogP contribution in [0, 0.1) is 0 Å². The Morgan fingerprint density at radius 2 is 2.35 bits per heavy atom. The summed E-state index contributed by atoms with van der Waals surface area (Å²) in [5.74, 6) is 0.350. The Bertz CT molecular complexity index is 468. The van der Waals surface area contributed by atoms with Crippen molar-refractivity contribution in [2.24, 2.45) is 5.73 Å². The Morgan fingerprint density at radius 3 is 3.00 bits per heavy atom. The third-order valence-corrected chi connectivity index (χ3v) is 6.30. The lowest BCUT2D eigenvalue weighted by molar-refractivity contribution is 0.588. The summed E-state index contributed by atoms with van der Waals surface area (Å²) in [6, 6.07) is 0. The fraction of sp³-hybridized carbons (Fsp3) is 0.727. The van der Waals surface area contributed by atoms with E-state index in [1.165, 1.54) is 0 Å². The van der Waals surface area contributed by atoms with E-state index in [2.05, 4.69) is 4.98 Å². The molecule has 1 fully saturated rings. The molecule has 1 atom stereocenters. The molecule has 0 aromatic carbocycles. The van der Waals surface area contributed by atoms with E-state index in [1.807, 2.05) is 5.38 Å². The number of hydrogen-bond donors (Lipinski definition) is 1. The van der Waals surface area contributed by atoms with Crippen LogP contribution in [-0.4, -0.2) is 30.9 Å². The number of rotatable bonds is 5. The molecular formula is C11H18N2O2S2. The van der Waals surface area contributed by atoms with Crippen molar-refractivity contribution in [3.8, 4) is 0 Å². The van der Waals surface area contributed by atoms with Gasteiger partial charge in [-0.25, -0.2) is 13.4 Å². The third kappa shape index (κ3) is 3.26. The molecule has 1 aromatic heterocycles. The molecule has 0 saturated carbocycles. The van der Waals surface area contributed by atoms with Crippen molar-refractivity contribution in [3.63, 3.8) is 0 Å². The van der Waals surface area contributed by atoms with E-state index in [0.29, 0.717) is 18.7 Å². The maximum Gasteiger partial charge on any atom is 0.153 e. The molecule has 96 valence electrons. The van der Waals surface area contributed by atoms with Gasteiger partial charge in [0.25, 0.3) is 0 Å². The van der Waals surface area contributed by atoms with Crippen molar-refractivity contribution in [1.29, 1.82) is 0 Å². The van der Waals surface area contributed by atoms with Gasteiger partial charge in [0, 0.05) is 11.8 Å². The number of thiazole rings is 1. The van der Waals surface area contributed by atoms with Crippen LogP contribution in [-0.2, 0) is 22.7 Å². The van der Waals surface area contributed by atoms with Gasteiger partial charge < -0.3 is 5.73 Å². The van der Waals surface area contributed by atoms with Crippen molar-refractivity contribution < 1.29 is 8.42 Å². The maximum absolute atomic E-state index is 11.7. The topological polar surface area (TPSA) is 73.1 Å². The van der Waals surface area contributed by atoms with E-state index in [4.69, 9.17) is 5.73 Å². The number of nitrogens with two attached hydrogens (primary N) is 1. The van der Waals surface area contributed by atoms with Gasteiger partial charge in [-0.3, -0.25) is 0 Å². The first-order valence-corrected chi connectivity index (χ1v) is 8.56. The first-order chi connectivity index (χ1) is 8.12. The van der Waals surface area contributed by atoms with E-state index in [1.54, 1.807) is 11.3 Å². The van der Waals surface area contributed by atoms with Gasteiger partial charge in [-0.1, -0.05) is 0 Å². The molecule has 1 aliphatic rings. The van der Waals surface area contributed by atoms with Gasteiger partial charge in [-0.05, 0) is 32.2 Å². The molecule has 1 aliphatic heterocycles.